The summed E-state index contributed by atoms with van der Waals surface area (Å²) in [6, 6.07) is 5.45. The first kappa shape index (κ1) is 16.1. The number of fused-ring (bicyclic) bond motifs is 1. The summed E-state index contributed by atoms with van der Waals surface area (Å²) < 4.78 is 46.7. The van der Waals surface area contributed by atoms with Gasteiger partial charge in [0.1, 0.15) is 5.82 Å². The molecule has 2 heterocycles. The zero-order valence-electron chi connectivity index (χ0n) is 12.5. The summed E-state index contributed by atoms with van der Waals surface area (Å²) in [6.45, 7) is 1.96. The van der Waals surface area contributed by atoms with Crippen molar-refractivity contribution in [2.75, 3.05) is 13.2 Å². The monoisotopic (exact) mass is 339 g/mol. The second-order valence-electron chi connectivity index (χ2n) is 5.42. The summed E-state index contributed by atoms with van der Waals surface area (Å²) >= 11 is 0. The number of nitrogens with one attached hydrogen (secondary N) is 1. The van der Waals surface area contributed by atoms with E-state index in [-0.39, 0.29) is 18.1 Å². The predicted molar refractivity (Wildman–Crippen MR) is 82.6 cm³/mol. The minimum atomic E-state index is -3.46. The maximum absolute atomic E-state index is 12.8. The van der Waals surface area contributed by atoms with Gasteiger partial charge in [0.25, 0.3) is 0 Å². The largest absolute Gasteiger partial charge is 0.376 e. The van der Waals surface area contributed by atoms with Crippen molar-refractivity contribution in [1.82, 2.24) is 14.5 Å². The molecule has 0 unspecified atom stereocenters. The van der Waals surface area contributed by atoms with Gasteiger partial charge in [0.2, 0.25) is 10.0 Å². The van der Waals surface area contributed by atoms with Crippen molar-refractivity contribution in [1.29, 1.82) is 0 Å². The summed E-state index contributed by atoms with van der Waals surface area (Å²) in [5.74, 6) is -0.551. The van der Waals surface area contributed by atoms with Gasteiger partial charge in [-0.1, -0.05) is 12.1 Å². The summed E-state index contributed by atoms with van der Waals surface area (Å²) in [5.41, 5.74) is 2.71. The van der Waals surface area contributed by atoms with Crippen molar-refractivity contribution in [3.63, 3.8) is 0 Å². The first-order valence-electron chi connectivity index (χ1n) is 7.36. The number of nitrogens with zero attached hydrogens (tertiary/aromatic N) is 2. The van der Waals surface area contributed by atoms with Crippen molar-refractivity contribution in [2.45, 2.75) is 25.3 Å². The Morgan fingerprint density at radius 1 is 1.30 bits per heavy atom. The van der Waals surface area contributed by atoms with Gasteiger partial charge in [-0.05, 0) is 17.7 Å². The average molecular weight is 339 g/mol. The number of hydrogen-bond donors (Lipinski definition) is 1. The lowest BCUT2D eigenvalue weighted by Gasteiger charge is -2.15. The van der Waals surface area contributed by atoms with E-state index < -0.39 is 10.0 Å². The van der Waals surface area contributed by atoms with E-state index >= 15 is 0 Å². The highest BCUT2D eigenvalue weighted by atomic mass is 32.2. The standard InChI is InChI=1S/C15H18FN3O3S/c16-14-3-1-12(2-4-14)11-23(20,21)18-6-7-19-15-5-8-22-10-13(15)9-17-19/h1-4,9,18H,5-8,10-11H2. The lowest BCUT2D eigenvalue weighted by atomic mass is 10.2. The molecule has 0 fully saturated rings. The van der Waals surface area contributed by atoms with Crippen LogP contribution in [0.25, 0.3) is 0 Å². The maximum atomic E-state index is 12.8. The number of sulfonamides is 1. The fourth-order valence-electron chi connectivity index (χ4n) is 2.56. The van der Waals surface area contributed by atoms with Gasteiger partial charge in [-0.15, -0.1) is 0 Å². The van der Waals surface area contributed by atoms with E-state index in [0.717, 1.165) is 17.7 Å². The topological polar surface area (TPSA) is 73.2 Å². The molecule has 1 aromatic carbocycles. The summed E-state index contributed by atoms with van der Waals surface area (Å²) in [5, 5.41) is 4.27. The second kappa shape index (κ2) is 6.77. The van der Waals surface area contributed by atoms with Crippen LogP contribution in [0.1, 0.15) is 16.8 Å². The number of rotatable bonds is 6. The Bertz CT molecular complexity index is 772. The van der Waals surface area contributed by atoms with Gasteiger partial charge in [0.15, 0.2) is 0 Å². The first-order chi connectivity index (χ1) is 11.0. The van der Waals surface area contributed by atoms with Gasteiger partial charge in [0.05, 0.1) is 31.7 Å². The summed E-state index contributed by atoms with van der Waals surface area (Å²) in [6.07, 6.45) is 2.55. The van der Waals surface area contributed by atoms with Gasteiger partial charge in [-0.25, -0.2) is 17.5 Å². The molecule has 23 heavy (non-hydrogen) atoms. The van der Waals surface area contributed by atoms with E-state index in [9.17, 15) is 12.8 Å². The van der Waals surface area contributed by atoms with Crippen molar-refractivity contribution in [3.05, 3.63) is 53.1 Å². The lowest BCUT2D eigenvalue weighted by Crippen LogP contribution is -2.29. The van der Waals surface area contributed by atoms with Crippen molar-refractivity contribution in [2.24, 2.45) is 0 Å². The Morgan fingerprint density at radius 2 is 2.09 bits per heavy atom. The fraction of sp³-hybridized carbons (Fsp3) is 0.400. The SMILES string of the molecule is O=S(=O)(Cc1ccc(F)cc1)NCCn1ncc2c1CCOC2. The van der Waals surface area contributed by atoms with E-state index in [0.29, 0.717) is 25.3 Å². The van der Waals surface area contributed by atoms with Gasteiger partial charge < -0.3 is 4.74 Å². The smallest absolute Gasteiger partial charge is 0.215 e. The molecule has 1 aromatic heterocycles. The van der Waals surface area contributed by atoms with Crippen molar-refractivity contribution >= 4 is 10.0 Å². The molecule has 124 valence electrons. The molecule has 0 spiro atoms. The molecule has 1 aliphatic rings. The van der Waals surface area contributed by atoms with Crippen LogP contribution in [-0.4, -0.2) is 31.3 Å². The molecule has 3 rings (SSSR count). The van der Waals surface area contributed by atoms with Crippen LogP contribution in [0, 0.1) is 5.82 Å². The highest BCUT2D eigenvalue weighted by Crippen LogP contribution is 2.15. The van der Waals surface area contributed by atoms with E-state index in [2.05, 4.69) is 9.82 Å². The third-order valence-corrected chi connectivity index (χ3v) is 5.05. The predicted octanol–water partition coefficient (Wildman–Crippen LogP) is 1.21. The molecule has 0 saturated heterocycles. The molecule has 2 aromatic rings. The Labute approximate surface area is 134 Å². The molecule has 0 atom stereocenters. The number of benzene rings is 1. The average Bonchev–Trinajstić information content (AvgIpc) is 2.93. The molecule has 1 N–H and O–H groups in total. The summed E-state index contributed by atoms with van der Waals surface area (Å²) in [4.78, 5) is 0. The fourth-order valence-corrected chi connectivity index (χ4v) is 3.70. The molecule has 6 nitrogen and oxygen atoms in total. The van der Waals surface area contributed by atoms with Gasteiger partial charge >= 0.3 is 0 Å². The van der Waals surface area contributed by atoms with Gasteiger partial charge in [-0.3, -0.25) is 4.68 Å². The molecule has 0 saturated carbocycles. The first-order valence-corrected chi connectivity index (χ1v) is 9.02. The molecular weight excluding hydrogens is 321 g/mol. The maximum Gasteiger partial charge on any atom is 0.215 e. The molecular formula is C15H18FN3O3S. The van der Waals surface area contributed by atoms with Crippen LogP contribution in [0.2, 0.25) is 0 Å². The number of hydrogen-bond acceptors (Lipinski definition) is 4. The van der Waals surface area contributed by atoms with Gasteiger partial charge in [-0.2, -0.15) is 5.10 Å². The highest BCUT2D eigenvalue weighted by Gasteiger charge is 2.16. The van der Waals surface area contributed by atoms with Crippen LogP contribution in [-0.2, 0) is 40.1 Å². The third kappa shape index (κ3) is 4.15. The van der Waals surface area contributed by atoms with E-state index in [1.54, 1.807) is 6.20 Å². The number of halogens is 1. The second-order valence-corrected chi connectivity index (χ2v) is 7.23. The van der Waals surface area contributed by atoms with Crippen molar-refractivity contribution < 1.29 is 17.5 Å². The Hall–Kier alpha value is -1.77. The molecule has 0 amide bonds. The number of aromatic nitrogens is 2. The molecule has 0 aliphatic carbocycles. The Balaban J connectivity index is 1.55. The van der Waals surface area contributed by atoms with Crippen LogP contribution < -0.4 is 4.72 Å². The van der Waals surface area contributed by atoms with Crippen molar-refractivity contribution in [3.8, 4) is 0 Å². The van der Waals surface area contributed by atoms with Crippen LogP contribution in [0.4, 0.5) is 4.39 Å². The summed E-state index contributed by atoms with van der Waals surface area (Å²) in [7, 11) is -3.46. The molecule has 8 heteroatoms. The van der Waals surface area contributed by atoms with Crippen LogP contribution in [0.5, 0.6) is 0 Å². The zero-order valence-corrected chi connectivity index (χ0v) is 13.4. The molecule has 1 aliphatic heterocycles. The lowest BCUT2D eigenvalue weighted by molar-refractivity contribution is 0.109. The van der Waals surface area contributed by atoms with E-state index in [4.69, 9.17) is 4.74 Å². The van der Waals surface area contributed by atoms with Gasteiger partial charge in [0, 0.05) is 24.2 Å². The minimum Gasteiger partial charge on any atom is -0.376 e. The zero-order chi connectivity index (χ0) is 16.3. The van der Waals surface area contributed by atoms with E-state index in [1.165, 1.54) is 24.3 Å². The van der Waals surface area contributed by atoms with Crippen LogP contribution in [0.3, 0.4) is 0 Å². The Kier molecular flexibility index (Phi) is 4.74. The number of ether oxygens (including phenoxy) is 1. The highest BCUT2D eigenvalue weighted by molar-refractivity contribution is 7.88. The normalized spacial score (nSPS) is 14.7. The minimum absolute atomic E-state index is 0.168. The third-order valence-electron chi connectivity index (χ3n) is 3.69. The van der Waals surface area contributed by atoms with Crippen LogP contribution >= 0.6 is 0 Å². The quantitative estimate of drug-likeness (QED) is 0.859. The van der Waals surface area contributed by atoms with Crippen LogP contribution in [0.15, 0.2) is 30.5 Å². The van der Waals surface area contributed by atoms with E-state index in [1.807, 2.05) is 4.68 Å². The Morgan fingerprint density at radius 3 is 2.87 bits per heavy atom. The molecule has 0 bridgehead atoms. The molecule has 0 radical (unpaired) electrons.